The third-order valence-corrected chi connectivity index (χ3v) is 6.98. The highest BCUT2D eigenvalue weighted by Gasteiger charge is 2.27. The number of nitrogens with zero attached hydrogens (tertiary/aromatic N) is 3. The van der Waals surface area contributed by atoms with Gasteiger partial charge in [0.1, 0.15) is 17.5 Å². The van der Waals surface area contributed by atoms with Crippen molar-refractivity contribution in [2.45, 2.75) is 44.0 Å². The van der Waals surface area contributed by atoms with Crippen LogP contribution in [0.3, 0.4) is 0 Å². The number of piperidine rings is 1. The van der Waals surface area contributed by atoms with Crippen molar-refractivity contribution in [3.63, 3.8) is 0 Å². The smallest absolute Gasteiger partial charge is 0.272 e. The fourth-order valence-electron chi connectivity index (χ4n) is 5.14. The van der Waals surface area contributed by atoms with Crippen molar-refractivity contribution in [3.8, 4) is 5.75 Å². The Morgan fingerprint density at radius 3 is 2.61 bits per heavy atom. The number of likely N-dealkylation sites (N-methyl/N-ethyl adjacent to an activating group) is 1. The fraction of sp³-hybridized carbons (Fsp3) is 0.379. The monoisotopic (exact) mass is 485 g/mol. The van der Waals surface area contributed by atoms with E-state index in [0.29, 0.717) is 30.9 Å². The van der Waals surface area contributed by atoms with Crippen molar-refractivity contribution in [1.82, 2.24) is 25.6 Å². The van der Waals surface area contributed by atoms with Gasteiger partial charge in [-0.15, -0.1) is 0 Å². The van der Waals surface area contributed by atoms with Crippen molar-refractivity contribution in [1.29, 1.82) is 0 Å². The second-order valence-electron chi connectivity index (χ2n) is 9.85. The number of ether oxygens (including phenoxy) is 1. The van der Waals surface area contributed by atoms with Gasteiger partial charge < -0.3 is 14.5 Å². The summed E-state index contributed by atoms with van der Waals surface area (Å²) in [6, 6.07) is 25.2. The number of hydrazine groups is 1. The van der Waals surface area contributed by atoms with Crippen molar-refractivity contribution in [2.24, 2.45) is 0 Å². The number of nitrogens with one attached hydrogen (secondary N) is 2. The number of rotatable bonds is 8. The molecule has 0 radical (unpaired) electrons. The van der Waals surface area contributed by atoms with Crippen molar-refractivity contribution in [3.05, 3.63) is 95.8 Å². The summed E-state index contributed by atoms with van der Waals surface area (Å²) in [5.74, 6) is 0.904. The topological polar surface area (TPSA) is 69.7 Å². The Balaban J connectivity index is 1.08. The number of likely N-dealkylation sites (tertiary alicyclic amines) is 1. The third-order valence-electron chi connectivity index (χ3n) is 6.98. The second kappa shape index (κ2) is 11.6. The van der Waals surface area contributed by atoms with Crippen molar-refractivity contribution in [2.75, 3.05) is 26.7 Å². The first-order chi connectivity index (χ1) is 17.6. The molecule has 1 aromatic heterocycles. The number of carbonyl (C=O) groups is 1. The lowest BCUT2D eigenvalue weighted by atomic mass is 10.0. The molecule has 7 heteroatoms. The number of benzene rings is 2. The number of aromatic nitrogens is 1. The van der Waals surface area contributed by atoms with E-state index in [2.05, 4.69) is 76.3 Å². The quantitative estimate of drug-likeness (QED) is 0.506. The van der Waals surface area contributed by atoms with Gasteiger partial charge in [-0.2, -0.15) is 0 Å². The van der Waals surface area contributed by atoms with Gasteiger partial charge in [-0.05, 0) is 48.9 Å². The van der Waals surface area contributed by atoms with Gasteiger partial charge in [0, 0.05) is 57.3 Å². The lowest BCUT2D eigenvalue weighted by molar-refractivity contribution is 0.0590. The lowest BCUT2D eigenvalue weighted by Gasteiger charge is -2.32. The summed E-state index contributed by atoms with van der Waals surface area (Å²) in [4.78, 5) is 21.1. The number of amides is 1. The molecule has 0 saturated carbocycles. The van der Waals surface area contributed by atoms with Crippen LogP contribution in [-0.4, -0.2) is 59.5 Å². The second-order valence-corrected chi connectivity index (χ2v) is 9.85. The molecule has 0 spiro atoms. The van der Waals surface area contributed by atoms with Gasteiger partial charge in [0.25, 0.3) is 5.91 Å². The maximum absolute atomic E-state index is 12.6. The molecule has 0 aliphatic carbocycles. The van der Waals surface area contributed by atoms with Crippen LogP contribution in [0.5, 0.6) is 5.75 Å². The van der Waals surface area contributed by atoms with Crippen LogP contribution in [0.4, 0.5) is 0 Å². The minimum absolute atomic E-state index is 0.00104. The van der Waals surface area contributed by atoms with E-state index in [1.807, 2.05) is 23.1 Å². The number of hydrogen-bond acceptors (Lipinski definition) is 6. The van der Waals surface area contributed by atoms with Crippen molar-refractivity contribution >= 4 is 5.91 Å². The van der Waals surface area contributed by atoms with Gasteiger partial charge in [-0.1, -0.05) is 48.5 Å². The first-order valence-electron chi connectivity index (χ1n) is 12.8. The molecule has 7 nitrogen and oxygen atoms in total. The normalized spacial score (nSPS) is 20.6. The molecule has 2 unspecified atom stereocenters. The summed E-state index contributed by atoms with van der Waals surface area (Å²) >= 11 is 0. The summed E-state index contributed by atoms with van der Waals surface area (Å²) in [7, 11) is 2.17. The lowest BCUT2D eigenvalue weighted by Crippen LogP contribution is -2.42. The molecule has 2 aliphatic heterocycles. The standard InChI is InChI=1S/C29H35N5O2/c1-33(21-24-19-28(32-31-24)23-9-3-2-4-10-23)20-22-8-7-11-26(18-22)36-25-13-16-34(17-14-25)29(35)27-12-5-6-15-30-27/h2-12,15,18,24-25,28,31-32H,13-14,16-17,19-21H2,1H3. The maximum Gasteiger partial charge on any atom is 0.272 e. The summed E-state index contributed by atoms with van der Waals surface area (Å²) in [5.41, 5.74) is 9.97. The van der Waals surface area contributed by atoms with Gasteiger partial charge >= 0.3 is 0 Å². The molecule has 2 saturated heterocycles. The van der Waals surface area contributed by atoms with Gasteiger partial charge in [0.05, 0.1) is 0 Å². The van der Waals surface area contributed by atoms with Crippen LogP contribution in [0.15, 0.2) is 79.0 Å². The SMILES string of the molecule is CN(Cc1cccc(OC2CCN(C(=O)c3ccccn3)CC2)c1)CC1CC(c2ccccc2)NN1. The summed E-state index contributed by atoms with van der Waals surface area (Å²) < 4.78 is 6.31. The van der Waals surface area contributed by atoms with E-state index in [-0.39, 0.29) is 12.0 Å². The minimum atomic E-state index is 0.00104. The minimum Gasteiger partial charge on any atom is -0.490 e. The molecule has 36 heavy (non-hydrogen) atoms. The average Bonchev–Trinajstić information content (AvgIpc) is 3.38. The first-order valence-corrected chi connectivity index (χ1v) is 12.8. The van der Waals surface area contributed by atoms with E-state index >= 15 is 0 Å². The molecule has 5 rings (SSSR count). The molecular formula is C29H35N5O2. The number of hydrogen-bond donors (Lipinski definition) is 2. The van der Waals surface area contributed by atoms with Crippen LogP contribution in [-0.2, 0) is 6.54 Å². The molecule has 3 heterocycles. The molecule has 2 fully saturated rings. The summed E-state index contributed by atoms with van der Waals surface area (Å²) in [6.07, 6.45) is 4.50. The van der Waals surface area contributed by atoms with E-state index in [4.69, 9.17) is 4.74 Å². The molecule has 188 valence electrons. The highest BCUT2D eigenvalue weighted by molar-refractivity contribution is 5.92. The van der Waals surface area contributed by atoms with E-state index in [1.165, 1.54) is 11.1 Å². The number of carbonyl (C=O) groups excluding carboxylic acids is 1. The van der Waals surface area contributed by atoms with Crippen LogP contribution in [0.25, 0.3) is 0 Å². The third kappa shape index (κ3) is 6.29. The van der Waals surface area contributed by atoms with Crippen LogP contribution < -0.4 is 15.6 Å². The van der Waals surface area contributed by atoms with E-state index < -0.39 is 0 Å². The summed E-state index contributed by atoms with van der Waals surface area (Å²) in [6.45, 7) is 3.20. The molecule has 2 aromatic carbocycles. The zero-order valence-electron chi connectivity index (χ0n) is 20.8. The van der Waals surface area contributed by atoms with Gasteiger partial charge in [-0.25, -0.2) is 5.43 Å². The van der Waals surface area contributed by atoms with E-state index in [1.54, 1.807) is 12.3 Å². The molecule has 2 aliphatic rings. The first kappa shape index (κ1) is 24.4. The highest BCUT2D eigenvalue weighted by atomic mass is 16.5. The Morgan fingerprint density at radius 1 is 1.03 bits per heavy atom. The Labute approximate surface area is 213 Å². The van der Waals surface area contributed by atoms with E-state index in [9.17, 15) is 4.79 Å². The van der Waals surface area contributed by atoms with Gasteiger partial charge in [0.2, 0.25) is 0 Å². The van der Waals surface area contributed by atoms with Crippen LogP contribution in [0.2, 0.25) is 0 Å². The van der Waals surface area contributed by atoms with Crippen LogP contribution in [0.1, 0.15) is 46.9 Å². The Kier molecular flexibility index (Phi) is 7.91. The fourth-order valence-corrected chi connectivity index (χ4v) is 5.14. The van der Waals surface area contributed by atoms with Crippen LogP contribution in [0, 0.1) is 0 Å². The Morgan fingerprint density at radius 2 is 1.83 bits per heavy atom. The molecule has 2 N–H and O–H groups in total. The zero-order chi connectivity index (χ0) is 24.7. The van der Waals surface area contributed by atoms with Crippen LogP contribution >= 0.6 is 0 Å². The molecular weight excluding hydrogens is 450 g/mol. The summed E-state index contributed by atoms with van der Waals surface area (Å²) in [5, 5.41) is 0. The highest BCUT2D eigenvalue weighted by Crippen LogP contribution is 2.24. The molecule has 3 aromatic rings. The van der Waals surface area contributed by atoms with Gasteiger partial charge in [-0.3, -0.25) is 15.2 Å². The Bertz CT molecular complexity index is 1120. The average molecular weight is 486 g/mol. The Hall–Kier alpha value is -3.26. The van der Waals surface area contributed by atoms with Gasteiger partial charge in [0.15, 0.2) is 0 Å². The molecule has 2 atom stereocenters. The van der Waals surface area contributed by atoms with E-state index in [0.717, 1.165) is 38.1 Å². The zero-order valence-corrected chi connectivity index (χ0v) is 20.8. The number of pyridine rings is 1. The maximum atomic E-state index is 12.6. The predicted octanol–water partition coefficient (Wildman–Crippen LogP) is 3.80. The predicted molar refractivity (Wildman–Crippen MR) is 140 cm³/mol. The van der Waals surface area contributed by atoms with Crippen molar-refractivity contribution < 1.29 is 9.53 Å². The molecule has 0 bridgehead atoms. The largest absolute Gasteiger partial charge is 0.490 e. The molecule has 1 amide bonds.